The summed E-state index contributed by atoms with van der Waals surface area (Å²) in [6.07, 6.45) is -10.4. The van der Waals surface area contributed by atoms with Crippen molar-refractivity contribution in [2.45, 2.75) is 106 Å². The molecule has 18 heteroatoms. The molecule has 60 heavy (non-hydrogen) atoms. The van der Waals surface area contributed by atoms with Crippen LogP contribution in [0.1, 0.15) is 37.5 Å². The Kier molecular flexibility index (Phi) is 17.9. The number of benzene rings is 3. The zero-order valence-electron chi connectivity index (χ0n) is 33.3. The Morgan fingerprint density at radius 1 is 0.567 bits per heavy atom. The maximum Gasteiger partial charge on any atom is 0.303 e. The Morgan fingerprint density at radius 2 is 1.02 bits per heavy atom. The van der Waals surface area contributed by atoms with E-state index in [1.54, 1.807) is 0 Å². The molecule has 2 aliphatic rings. The fraction of sp³-hybridized carbons (Fsp3) is 0.476. The Hall–Kier alpha value is -3.87. The fourth-order valence-corrected chi connectivity index (χ4v) is 6.85. The molecule has 10 atom stereocenters. The molecule has 326 valence electrons. The number of hydrogen-bond donors (Lipinski definition) is 1. The molecule has 0 aliphatic carbocycles. The normalized spacial score (nSPS) is 26.7. The van der Waals surface area contributed by atoms with E-state index in [0.717, 1.165) is 30.5 Å². The van der Waals surface area contributed by atoms with Gasteiger partial charge in [-0.05, 0) is 16.7 Å². The first-order valence-electron chi connectivity index (χ1n) is 19.0. The summed E-state index contributed by atoms with van der Waals surface area (Å²) in [6.45, 7) is 3.06. The van der Waals surface area contributed by atoms with Gasteiger partial charge < -0.3 is 52.7 Å². The highest BCUT2D eigenvalue weighted by Crippen LogP contribution is 2.34. The molecule has 2 aliphatic heterocycles. The van der Waals surface area contributed by atoms with Crippen molar-refractivity contribution in [3.05, 3.63) is 108 Å². The van der Waals surface area contributed by atoms with E-state index in [1.165, 1.54) is 14.0 Å². The minimum atomic E-state index is -2.50. The third-order valence-corrected chi connectivity index (χ3v) is 9.88. The predicted octanol–water partition coefficient (Wildman–Crippen LogP) is 5.14. The summed E-state index contributed by atoms with van der Waals surface area (Å²) in [5.74, 6) is -3.45. The number of nitrogens with one attached hydrogen (secondary N) is 1. The van der Waals surface area contributed by atoms with Gasteiger partial charge in [0.1, 0.15) is 43.2 Å². The van der Waals surface area contributed by atoms with Gasteiger partial charge in [0.05, 0.1) is 26.4 Å². The van der Waals surface area contributed by atoms with Crippen LogP contribution in [0.4, 0.5) is 0 Å². The summed E-state index contributed by atoms with van der Waals surface area (Å²) >= 11 is 17.9. The van der Waals surface area contributed by atoms with Gasteiger partial charge in [0, 0.05) is 27.9 Å². The minimum Gasteiger partial charge on any atom is -0.463 e. The van der Waals surface area contributed by atoms with Gasteiger partial charge in [0.2, 0.25) is 0 Å². The van der Waals surface area contributed by atoms with Crippen LogP contribution in [0.2, 0.25) is 0 Å². The molecule has 2 saturated heterocycles. The van der Waals surface area contributed by atoms with Crippen molar-refractivity contribution < 1.29 is 66.5 Å². The number of rotatable bonds is 18. The van der Waals surface area contributed by atoms with Crippen molar-refractivity contribution in [2.75, 3.05) is 20.3 Å². The molecule has 2 heterocycles. The van der Waals surface area contributed by atoms with Crippen molar-refractivity contribution in [3.63, 3.8) is 0 Å². The number of carbonyl (C=O) groups is 4. The van der Waals surface area contributed by atoms with Gasteiger partial charge in [-0.15, -0.1) is 0 Å². The van der Waals surface area contributed by atoms with Gasteiger partial charge in [-0.3, -0.25) is 19.2 Å². The van der Waals surface area contributed by atoms with E-state index in [4.69, 9.17) is 82.2 Å². The van der Waals surface area contributed by atoms with Crippen LogP contribution in [0.15, 0.2) is 91.0 Å². The lowest BCUT2D eigenvalue weighted by Gasteiger charge is -2.47. The molecular weight excluding hydrogens is 849 g/mol. The van der Waals surface area contributed by atoms with Crippen LogP contribution in [0.5, 0.6) is 0 Å². The molecule has 0 unspecified atom stereocenters. The number of ether oxygens (including phenoxy) is 10. The molecule has 0 radical (unpaired) electrons. The van der Waals surface area contributed by atoms with Crippen molar-refractivity contribution in [3.8, 4) is 0 Å². The standard InChI is InChI=1S/C42H48Cl3NO14/c1-25(47)52-23-32-35(57-26(2)48)36(58-27(3)49)33(46-41(50)42(43,44)45)39(59-32)56-24-31-34(53-20-28-14-8-5-9-15-28)37(54-21-29-16-10-6-11-17-29)38(40(51-4)60-31)55-22-30-18-12-7-13-19-30/h5-19,31-40H,20-24H2,1-4H3,(H,46,50)/t31-,32-,33-,34-,35-,36-,37+,38-,39-,40+/m1/s1. The lowest BCUT2D eigenvalue weighted by atomic mass is 9.95. The van der Waals surface area contributed by atoms with Gasteiger partial charge in [-0.1, -0.05) is 126 Å². The Labute approximate surface area is 363 Å². The summed E-state index contributed by atoms with van der Waals surface area (Å²) in [5.41, 5.74) is 2.64. The average Bonchev–Trinajstić information content (AvgIpc) is 3.22. The molecule has 5 rings (SSSR count). The number of halogens is 3. The van der Waals surface area contributed by atoms with Gasteiger partial charge in [0.25, 0.3) is 9.70 Å². The van der Waals surface area contributed by atoms with E-state index >= 15 is 0 Å². The molecule has 15 nitrogen and oxygen atoms in total. The molecule has 2 fully saturated rings. The van der Waals surface area contributed by atoms with Crippen LogP contribution < -0.4 is 5.32 Å². The second-order valence-electron chi connectivity index (χ2n) is 13.9. The van der Waals surface area contributed by atoms with Gasteiger partial charge in [-0.2, -0.15) is 0 Å². The maximum atomic E-state index is 13.2. The topological polar surface area (TPSA) is 173 Å². The number of esters is 3. The summed E-state index contributed by atoms with van der Waals surface area (Å²) in [5, 5.41) is 2.50. The molecule has 1 N–H and O–H groups in total. The molecule has 1 amide bonds. The molecule has 3 aromatic rings. The molecule has 3 aromatic carbocycles. The van der Waals surface area contributed by atoms with Crippen LogP contribution in [0, 0.1) is 0 Å². The SMILES string of the molecule is CO[C@H]1O[C@H](CO[C@@H]2O[C@H](COC(C)=O)[C@@H](OC(C)=O)[C@H](OC(C)=O)[C@H]2NC(=O)C(Cl)(Cl)Cl)[C@@H](OCc2ccccc2)[C@H](OCc2ccccc2)[C@H]1OCc1ccccc1. The van der Waals surface area contributed by atoms with E-state index < -0.39 is 95.6 Å². The highest BCUT2D eigenvalue weighted by Gasteiger charge is 2.54. The highest BCUT2D eigenvalue weighted by molar-refractivity contribution is 6.76. The third-order valence-electron chi connectivity index (χ3n) is 9.36. The number of methoxy groups -OCH3 is 1. The number of amides is 1. The number of hydrogen-bond acceptors (Lipinski definition) is 14. The molecule has 0 aromatic heterocycles. The monoisotopic (exact) mass is 895 g/mol. The second kappa shape index (κ2) is 22.8. The maximum absolute atomic E-state index is 13.2. The molecule has 0 saturated carbocycles. The molecule has 0 spiro atoms. The lowest BCUT2D eigenvalue weighted by molar-refractivity contribution is -0.335. The van der Waals surface area contributed by atoms with Crippen molar-refractivity contribution in [1.29, 1.82) is 0 Å². The van der Waals surface area contributed by atoms with E-state index in [-0.39, 0.29) is 26.4 Å². The molecule has 0 bridgehead atoms. The van der Waals surface area contributed by atoms with Crippen molar-refractivity contribution >= 4 is 58.6 Å². The van der Waals surface area contributed by atoms with E-state index in [2.05, 4.69) is 5.32 Å². The zero-order chi connectivity index (χ0) is 43.2. The third kappa shape index (κ3) is 13.8. The van der Waals surface area contributed by atoms with E-state index in [9.17, 15) is 19.2 Å². The Balaban J connectivity index is 1.51. The fourth-order valence-electron chi connectivity index (χ4n) is 6.69. The van der Waals surface area contributed by atoms with Gasteiger partial charge in [-0.25, -0.2) is 0 Å². The van der Waals surface area contributed by atoms with Crippen LogP contribution in [0.25, 0.3) is 0 Å². The second-order valence-corrected chi connectivity index (χ2v) is 16.2. The van der Waals surface area contributed by atoms with Crippen LogP contribution in [-0.4, -0.2) is 109 Å². The quantitative estimate of drug-likeness (QED) is 0.101. The van der Waals surface area contributed by atoms with Gasteiger partial charge >= 0.3 is 17.9 Å². The summed E-state index contributed by atoms with van der Waals surface area (Å²) in [6, 6.07) is 27.1. The van der Waals surface area contributed by atoms with Gasteiger partial charge in [0.15, 0.2) is 24.8 Å². The van der Waals surface area contributed by atoms with E-state index in [0.29, 0.717) is 0 Å². The van der Waals surface area contributed by atoms with Crippen LogP contribution >= 0.6 is 34.8 Å². The van der Waals surface area contributed by atoms with E-state index in [1.807, 2.05) is 91.0 Å². The first-order valence-corrected chi connectivity index (χ1v) is 20.1. The van der Waals surface area contributed by atoms with Crippen LogP contribution in [0.3, 0.4) is 0 Å². The largest absolute Gasteiger partial charge is 0.463 e. The summed E-state index contributed by atoms with van der Waals surface area (Å²) < 4.78 is 58.8. The summed E-state index contributed by atoms with van der Waals surface area (Å²) in [7, 11) is 1.46. The smallest absolute Gasteiger partial charge is 0.303 e. The minimum absolute atomic E-state index is 0.129. The molecular formula is C42H48Cl3NO14. The average molecular weight is 897 g/mol. The first-order chi connectivity index (χ1) is 28.7. The predicted molar refractivity (Wildman–Crippen MR) is 215 cm³/mol. The zero-order valence-corrected chi connectivity index (χ0v) is 35.6. The number of carbonyl (C=O) groups excluding carboxylic acids is 4. The van der Waals surface area contributed by atoms with Crippen molar-refractivity contribution in [2.24, 2.45) is 0 Å². The summed E-state index contributed by atoms with van der Waals surface area (Å²) in [4.78, 5) is 50.0. The Bertz CT molecular complexity index is 1820. The first kappa shape index (κ1) is 47.2. The Morgan fingerprint density at radius 3 is 1.48 bits per heavy atom. The van der Waals surface area contributed by atoms with Crippen molar-refractivity contribution in [1.82, 2.24) is 5.32 Å². The highest BCUT2D eigenvalue weighted by atomic mass is 35.6. The van der Waals surface area contributed by atoms with Crippen LogP contribution in [-0.2, 0) is 86.4 Å². The lowest BCUT2D eigenvalue weighted by Crippen LogP contribution is -2.68. The number of alkyl halides is 3.